The van der Waals surface area contributed by atoms with Crippen LogP contribution < -0.4 is 0 Å². The molecule has 0 aliphatic heterocycles. The van der Waals surface area contributed by atoms with Crippen LogP contribution in [0.3, 0.4) is 0 Å². The van der Waals surface area contributed by atoms with Gasteiger partial charge >= 0.3 is 0 Å². The van der Waals surface area contributed by atoms with Crippen LogP contribution in [-0.2, 0) is 6.42 Å². The van der Waals surface area contributed by atoms with Crippen LogP contribution in [0.4, 0.5) is 8.78 Å². The fourth-order valence-corrected chi connectivity index (χ4v) is 4.68. The van der Waals surface area contributed by atoms with E-state index >= 15 is 0 Å². The van der Waals surface area contributed by atoms with Crippen molar-refractivity contribution in [3.8, 4) is 0 Å². The molecule has 0 saturated heterocycles. The van der Waals surface area contributed by atoms with Gasteiger partial charge in [0.2, 0.25) is 0 Å². The van der Waals surface area contributed by atoms with Crippen LogP contribution in [0.5, 0.6) is 0 Å². The maximum Gasteiger partial charge on any atom is 0.162 e. The molecule has 1 saturated carbocycles. The molecule has 0 radical (unpaired) electrons. The first-order valence-corrected chi connectivity index (χ1v) is 10.9. The van der Waals surface area contributed by atoms with Crippen molar-refractivity contribution in [3.05, 3.63) is 58.7 Å². The lowest BCUT2D eigenvalue weighted by molar-refractivity contribution is 0.312. The third-order valence-corrected chi connectivity index (χ3v) is 6.72. The maximum absolute atomic E-state index is 14.7. The van der Waals surface area contributed by atoms with Crippen LogP contribution in [0.25, 0.3) is 0 Å². The van der Waals surface area contributed by atoms with Crippen molar-refractivity contribution >= 4 is 0 Å². The van der Waals surface area contributed by atoms with E-state index in [1.807, 2.05) is 12.1 Å². The van der Waals surface area contributed by atoms with Gasteiger partial charge in [-0.05, 0) is 93.6 Å². The number of halogens is 2. The Bertz CT molecular complexity index is 678. The summed E-state index contributed by atoms with van der Waals surface area (Å²) in [7, 11) is 0. The zero-order valence-corrected chi connectivity index (χ0v) is 16.9. The summed E-state index contributed by atoms with van der Waals surface area (Å²) < 4.78 is 29.2. The van der Waals surface area contributed by atoms with Gasteiger partial charge in [0.15, 0.2) is 11.6 Å². The van der Waals surface area contributed by atoms with Gasteiger partial charge in [-0.2, -0.15) is 0 Å². The highest BCUT2D eigenvalue weighted by Crippen LogP contribution is 2.38. The van der Waals surface area contributed by atoms with Crippen molar-refractivity contribution in [1.29, 1.82) is 0 Å². The Hall–Kier alpha value is -1.44. The Balaban J connectivity index is 1.55. The van der Waals surface area contributed by atoms with E-state index in [9.17, 15) is 8.78 Å². The Kier molecular flexibility index (Phi) is 7.26. The highest BCUT2D eigenvalue weighted by molar-refractivity contribution is 5.29. The van der Waals surface area contributed by atoms with Crippen molar-refractivity contribution in [2.45, 2.75) is 84.0 Å². The molecular formula is C25H34F2. The summed E-state index contributed by atoms with van der Waals surface area (Å²) in [6.45, 7) is 4.41. The number of hydrogen-bond donors (Lipinski definition) is 0. The lowest BCUT2D eigenvalue weighted by Gasteiger charge is -2.28. The normalized spacial score (nSPS) is 26.4. The highest BCUT2D eigenvalue weighted by atomic mass is 19.2. The second-order valence-corrected chi connectivity index (χ2v) is 8.62. The molecule has 0 nitrogen and oxygen atoms in total. The van der Waals surface area contributed by atoms with E-state index in [0.717, 1.165) is 44.4 Å². The van der Waals surface area contributed by atoms with Gasteiger partial charge in [-0.25, -0.2) is 8.78 Å². The van der Waals surface area contributed by atoms with Gasteiger partial charge in [-0.15, -0.1) is 0 Å². The first kappa shape index (κ1) is 20.3. The largest absolute Gasteiger partial charge is 0.203 e. The molecule has 0 N–H and O–H groups in total. The molecule has 0 spiro atoms. The van der Waals surface area contributed by atoms with Crippen LogP contribution in [-0.4, -0.2) is 0 Å². The summed E-state index contributed by atoms with van der Waals surface area (Å²) >= 11 is 0. The molecule has 1 aromatic carbocycles. The Morgan fingerprint density at radius 2 is 1.81 bits per heavy atom. The van der Waals surface area contributed by atoms with Gasteiger partial charge in [-0.3, -0.25) is 0 Å². The SMILES string of the molecule is CCC1CCC(c2ccc(CC/C=C/C3CC=C(C)CC3)c(F)c2F)CC1. The molecule has 1 atom stereocenters. The molecule has 1 unspecified atom stereocenters. The van der Waals surface area contributed by atoms with Gasteiger partial charge in [0.25, 0.3) is 0 Å². The van der Waals surface area contributed by atoms with Gasteiger partial charge in [-0.1, -0.05) is 49.3 Å². The molecule has 2 aliphatic carbocycles. The summed E-state index contributed by atoms with van der Waals surface area (Å²) in [5.74, 6) is 0.359. The molecule has 0 amide bonds. The zero-order valence-electron chi connectivity index (χ0n) is 16.9. The molecular weight excluding hydrogens is 338 g/mol. The molecule has 27 heavy (non-hydrogen) atoms. The summed E-state index contributed by atoms with van der Waals surface area (Å²) in [4.78, 5) is 0. The van der Waals surface area contributed by atoms with E-state index in [1.54, 1.807) is 0 Å². The molecule has 3 rings (SSSR count). The smallest absolute Gasteiger partial charge is 0.162 e. The fourth-order valence-electron chi connectivity index (χ4n) is 4.68. The fraction of sp³-hybridized carbons (Fsp3) is 0.600. The van der Waals surface area contributed by atoms with Crippen LogP contribution in [0.15, 0.2) is 35.9 Å². The van der Waals surface area contributed by atoms with Gasteiger partial charge in [0.05, 0.1) is 0 Å². The summed E-state index contributed by atoms with van der Waals surface area (Å²) in [6.07, 6.45) is 17.0. The molecule has 1 fully saturated rings. The highest BCUT2D eigenvalue weighted by Gasteiger charge is 2.25. The average molecular weight is 373 g/mol. The van der Waals surface area contributed by atoms with E-state index in [-0.39, 0.29) is 5.92 Å². The minimum absolute atomic E-state index is 0.194. The Labute approximate surface area is 163 Å². The molecule has 2 heteroatoms. The molecule has 0 aromatic heterocycles. The van der Waals surface area contributed by atoms with Crippen molar-refractivity contribution < 1.29 is 8.78 Å². The first-order chi connectivity index (χ1) is 13.1. The van der Waals surface area contributed by atoms with E-state index < -0.39 is 11.6 Å². The minimum Gasteiger partial charge on any atom is -0.203 e. The monoisotopic (exact) mass is 372 g/mol. The van der Waals surface area contributed by atoms with Gasteiger partial charge in [0.1, 0.15) is 0 Å². The number of rotatable bonds is 6. The Morgan fingerprint density at radius 1 is 1.04 bits per heavy atom. The van der Waals surface area contributed by atoms with E-state index in [4.69, 9.17) is 0 Å². The van der Waals surface area contributed by atoms with E-state index in [1.165, 1.54) is 24.8 Å². The Morgan fingerprint density at radius 3 is 2.48 bits per heavy atom. The van der Waals surface area contributed by atoms with Crippen molar-refractivity contribution in [2.75, 3.05) is 0 Å². The number of benzene rings is 1. The van der Waals surface area contributed by atoms with Crippen LogP contribution in [0.1, 0.15) is 88.7 Å². The summed E-state index contributed by atoms with van der Waals surface area (Å²) in [5.41, 5.74) is 2.61. The first-order valence-electron chi connectivity index (χ1n) is 10.9. The molecule has 148 valence electrons. The third-order valence-electron chi connectivity index (χ3n) is 6.72. The standard InChI is InChI=1S/C25H34F2/c1-3-19-12-14-21(15-13-19)23-17-16-22(24(26)25(23)27)7-5-4-6-20-10-8-18(2)9-11-20/h4,6,8,16-17,19-21H,3,5,7,9-15H2,1-2H3/b6-4+. The van der Waals surface area contributed by atoms with Crippen molar-refractivity contribution in [2.24, 2.45) is 11.8 Å². The van der Waals surface area contributed by atoms with Crippen LogP contribution >= 0.6 is 0 Å². The minimum atomic E-state index is -0.616. The molecule has 0 heterocycles. The summed E-state index contributed by atoms with van der Waals surface area (Å²) in [6, 6.07) is 3.67. The second-order valence-electron chi connectivity index (χ2n) is 8.62. The van der Waals surface area contributed by atoms with Crippen molar-refractivity contribution in [3.63, 3.8) is 0 Å². The lowest BCUT2D eigenvalue weighted by Crippen LogP contribution is -2.14. The van der Waals surface area contributed by atoms with Gasteiger partial charge < -0.3 is 0 Å². The van der Waals surface area contributed by atoms with E-state index in [2.05, 4.69) is 32.1 Å². The van der Waals surface area contributed by atoms with E-state index in [0.29, 0.717) is 23.5 Å². The lowest BCUT2D eigenvalue weighted by atomic mass is 9.77. The van der Waals surface area contributed by atoms with Crippen LogP contribution in [0, 0.1) is 23.5 Å². The topological polar surface area (TPSA) is 0 Å². The van der Waals surface area contributed by atoms with Crippen molar-refractivity contribution in [1.82, 2.24) is 0 Å². The molecule has 1 aromatic rings. The number of hydrogen-bond acceptors (Lipinski definition) is 0. The maximum atomic E-state index is 14.7. The predicted octanol–water partition coefficient (Wildman–Crippen LogP) is 7.88. The zero-order chi connectivity index (χ0) is 19.2. The van der Waals surface area contributed by atoms with Gasteiger partial charge in [0, 0.05) is 0 Å². The average Bonchev–Trinajstić information content (AvgIpc) is 2.70. The quantitative estimate of drug-likeness (QED) is 0.445. The van der Waals surface area contributed by atoms with Crippen LogP contribution in [0.2, 0.25) is 0 Å². The molecule has 2 aliphatic rings. The summed E-state index contributed by atoms with van der Waals surface area (Å²) in [5, 5.41) is 0. The predicted molar refractivity (Wildman–Crippen MR) is 110 cm³/mol. The second kappa shape index (κ2) is 9.66. The molecule has 0 bridgehead atoms. The number of aryl methyl sites for hydroxylation is 1. The third kappa shape index (κ3) is 5.30. The number of allylic oxidation sites excluding steroid dienone is 4.